The molecule has 2 aromatic heterocycles. The molecule has 0 unspecified atom stereocenters. The Kier molecular flexibility index (Phi) is 6.54. The second-order valence-corrected chi connectivity index (χ2v) is 10.1. The molecule has 0 atom stereocenters. The topological polar surface area (TPSA) is 120 Å². The Bertz CT molecular complexity index is 1240. The van der Waals surface area contributed by atoms with E-state index in [1.54, 1.807) is 29.3 Å². The van der Waals surface area contributed by atoms with Crippen LogP contribution in [-0.4, -0.2) is 30.0 Å². The van der Waals surface area contributed by atoms with Crippen LogP contribution < -0.4 is 10.3 Å². The molecular formula is C20H19N5O3S3. The second-order valence-electron chi connectivity index (χ2n) is 6.53. The average molecular weight is 474 g/mol. The fourth-order valence-corrected chi connectivity index (χ4v) is 5.33. The summed E-state index contributed by atoms with van der Waals surface area (Å²) in [4.78, 5) is 22.7. The highest BCUT2D eigenvalue weighted by Gasteiger charge is 2.12. The van der Waals surface area contributed by atoms with Crippen molar-refractivity contribution in [3.63, 3.8) is 0 Å². The molecule has 0 saturated heterocycles. The average Bonchev–Trinajstić information content (AvgIpc) is 3.40. The lowest BCUT2D eigenvalue weighted by Gasteiger charge is -2.12. The third-order valence-electron chi connectivity index (χ3n) is 4.27. The number of nitrogens with zero attached hydrogens (tertiary/aromatic N) is 2. The van der Waals surface area contributed by atoms with E-state index < -0.39 is 10.0 Å². The van der Waals surface area contributed by atoms with Crippen molar-refractivity contribution >= 4 is 60.9 Å². The van der Waals surface area contributed by atoms with Crippen molar-refractivity contribution in [2.45, 2.75) is 22.9 Å². The van der Waals surface area contributed by atoms with E-state index in [9.17, 15) is 13.2 Å². The van der Waals surface area contributed by atoms with E-state index in [0.29, 0.717) is 18.5 Å². The standard InChI is InChI=1S/C20H19N5O3S3/c26-18(6-3-12-29-20-23-16-4-1-2-5-17(16)24-20)22-14-7-9-15(10-8-14)31(27,28)25-19-21-11-13-30-19/h1-2,4-5,7-11,13H,3,6,12H2,(H3,21,22,23,24,25,26). The minimum atomic E-state index is -3.83. The maximum absolute atomic E-state index is 12.3. The number of H-pyrrole nitrogens is 2. The van der Waals surface area contributed by atoms with Gasteiger partial charge in [-0.05, 0) is 60.0 Å². The number of benzene rings is 2. The Morgan fingerprint density at radius 2 is 2.00 bits per heavy atom. The van der Waals surface area contributed by atoms with E-state index >= 15 is 0 Å². The molecule has 11 heteroatoms. The molecule has 31 heavy (non-hydrogen) atoms. The Balaban J connectivity index is 1.24. The first-order chi connectivity index (χ1) is 15.0. The molecule has 0 aliphatic heterocycles. The van der Waals surface area contributed by atoms with Crippen molar-refractivity contribution in [3.05, 3.63) is 64.8 Å². The smallest absolute Gasteiger partial charge is 0.314 e. The van der Waals surface area contributed by atoms with Crippen molar-refractivity contribution in [1.82, 2.24) is 9.97 Å². The first kappa shape index (κ1) is 21.3. The lowest BCUT2D eigenvalue weighted by atomic mass is 10.3. The van der Waals surface area contributed by atoms with E-state index in [4.69, 9.17) is 0 Å². The van der Waals surface area contributed by atoms with Crippen LogP contribution in [0.1, 0.15) is 12.8 Å². The van der Waals surface area contributed by atoms with E-state index in [1.807, 2.05) is 24.3 Å². The highest BCUT2D eigenvalue weighted by Crippen LogP contribution is 2.29. The molecule has 0 bridgehead atoms. The summed E-state index contributed by atoms with van der Waals surface area (Å²) >= 11 is 2.77. The summed E-state index contributed by atoms with van der Waals surface area (Å²) in [5.41, 5.74) is 2.63. The molecule has 3 N–H and O–H groups in total. The van der Waals surface area contributed by atoms with Gasteiger partial charge in [-0.3, -0.25) is 4.79 Å². The monoisotopic (exact) mass is 473 g/mol. The van der Waals surface area contributed by atoms with Gasteiger partial charge in [-0.25, -0.2) is 18.4 Å². The number of anilines is 1. The van der Waals surface area contributed by atoms with Gasteiger partial charge in [0, 0.05) is 23.0 Å². The van der Waals surface area contributed by atoms with E-state index in [2.05, 4.69) is 25.0 Å². The van der Waals surface area contributed by atoms with Crippen LogP contribution in [0, 0.1) is 0 Å². The van der Waals surface area contributed by atoms with Gasteiger partial charge in [0.1, 0.15) is 0 Å². The van der Waals surface area contributed by atoms with Crippen LogP contribution in [0.2, 0.25) is 0 Å². The number of amides is 1. The third-order valence-corrected chi connectivity index (χ3v) is 7.32. The van der Waals surface area contributed by atoms with Crippen LogP contribution in [0.25, 0.3) is 15.8 Å². The Hall–Kier alpha value is -2.89. The van der Waals surface area contributed by atoms with Crippen LogP contribution in [0.15, 0.2) is 70.2 Å². The molecular weight excluding hydrogens is 454 g/mol. The minimum absolute atomic E-state index is 0.0479. The summed E-state index contributed by atoms with van der Waals surface area (Å²) in [6.45, 7) is 0. The number of nitrogens with one attached hydrogen (secondary N) is 3. The zero-order valence-electron chi connectivity index (χ0n) is 16.2. The minimum Gasteiger partial charge on any atom is -0.433 e. The fraction of sp³-hybridized carbons (Fsp3) is 0.150. The number of sulfonamides is 1. The van der Waals surface area contributed by atoms with Gasteiger partial charge in [0.05, 0.1) is 4.90 Å². The van der Waals surface area contributed by atoms with E-state index in [1.165, 1.54) is 18.3 Å². The van der Waals surface area contributed by atoms with Gasteiger partial charge in [-0.2, -0.15) is 11.3 Å². The Morgan fingerprint density at radius 1 is 1.19 bits per heavy atom. The zero-order chi connectivity index (χ0) is 21.7. The number of thiazole rings is 1. The molecule has 0 fully saturated rings. The Labute approximate surface area is 187 Å². The zero-order valence-corrected chi connectivity index (χ0v) is 18.7. The number of aromatic nitrogens is 3. The molecule has 0 saturated carbocycles. The van der Waals surface area contributed by atoms with E-state index in [-0.39, 0.29) is 15.9 Å². The number of rotatable bonds is 9. The predicted octanol–water partition coefficient (Wildman–Crippen LogP) is 4.34. The number of hydrogen-bond acceptors (Lipinski definition) is 6. The molecule has 4 aromatic rings. The van der Waals surface area contributed by atoms with Crippen LogP contribution in [0.4, 0.5) is 10.8 Å². The summed E-state index contributed by atoms with van der Waals surface area (Å²) in [6, 6.07) is 13.9. The molecule has 2 heterocycles. The van der Waals surface area contributed by atoms with Gasteiger partial charge in [0.25, 0.3) is 0 Å². The number of thioether (sulfide) groups is 1. The number of imidazole rings is 1. The molecule has 1 amide bonds. The second kappa shape index (κ2) is 9.50. The SMILES string of the molecule is O=C(CCCSc1[nH]c2ccccc2[nH+]1)Nc1ccc(S(=O)(=O)[N-]c2nccs2)cc1. The maximum Gasteiger partial charge on any atom is 0.314 e. The van der Waals surface area contributed by atoms with Crippen molar-refractivity contribution in [2.24, 2.45) is 0 Å². The molecule has 2 aromatic carbocycles. The van der Waals surface area contributed by atoms with E-state index in [0.717, 1.165) is 33.3 Å². The lowest BCUT2D eigenvalue weighted by molar-refractivity contribution is -0.396. The molecule has 0 aliphatic rings. The lowest BCUT2D eigenvalue weighted by Crippen LogP contribution is -2.11. The van der Waals surface area contributed by atoms with Crippen LogP contribution in [-0.2, 0) is 14.8 Å². The van der Waals surface area contributed by atoms with Gasteiger partial charge in [-0.1, -0.05) is 18.3 Å². The largest absolute Gasteiger partial charge is 0.433 e. The normalized spacial score (nSPS) is 11.5. The van der Waals surface area contributed by atoms with Crippen molar-refractivity contribution in [1.29, 1.82) is 0 Å². The molecule has 0 radical (unpaired) electrons. The van der Waals surface area contributed by atoms with Crippen LogP contribution >= 0.6 is 23.1 Å². The summed E-state index contributed by atoms with van der Waals surface area (Å²) in [6.07, 6.45) is 2.57. The van der Waals surface area contributed by atoms with Crippen molar-refractivity contribution in [3.8, 4) is 0 Å². The molecule has 8 nitrogen and oxygen atoms in total. The van der Waals surface area contributed by atoms with Crippen molar-refractivity contribution in [2.75, 3.05) is 11.1 Å². The number of carbonyl (C=O) groups excluding carboxylic acids is 1. The first-order valence-electron chi connectivity index (χ1n) is 9.40. The highest BCUT2D eigenvalue weighted by atomic mass is 32.2. The summed E-state index contributed by atoms with van der Waals surface area (Å²) < 4.78 is 28.3. The molecule has 0 spiro atoms. The summed E-state index contributed by atoms with van der Waals surface area (Å²) in [5, 5.41) is 5.58. The summed E-state index contributed by atoms with van der Waals surface area (Å²) in [7, 11) is -3.83. The molecule has 4 rings (SSSR count). The fourth-order valence-electron chi connectivity index (χ4n) is 2.81. The Morgan fingerprint density at radius 3 is 2.74 bits per heavy atom. The van der Waals surface area contributed by atoms with Gasteiger partial charge in [-0.15, -0.1) is 0 Å². The number of carbonyl (C=O) groups is 1. The molecule has 160 valence electrons. The molecule has 0 aliphatic carbocycles. The predicted molar refractivity (Wildman–Crippen MR) is 122 cm³/mol. The number of hydrogen-bond donors (Lipinski definition) is 2. The third kappa shape index (κ3) is 5.63. The van der Waals surface area contributed by atoms with Crippen molar-refractivity contribution < 1.29 is 18.2 Å². The van der Waals surface area contributed by atoms with Gasteiger partial charge < -0.3 is 15.0 Å². The van der Waals surface area contributed by atoms with Gasteiger partial charge >= 0.3 is 5.16 Å². The van der Waals surface area contributed by atoms with Crippen LogP contribution in [0.5, 0.6) is 0 Å². The highest BCUT2D eigenvalue weighted by molar-refractivity contribution is 7.99. The number of para-hydroxylation sites is 2. The first-order valence-corrected chi connectivity index (χ1v) is 12.7. The van der Waals surface area contributed by atoms with Gasteiger partial charge in [0.2, 0.25) is 15.9 Å². The number of fused-ring (bicyclic) bond motifs is 1. The quantitative estimate of drug-likeness (QED) is 0.277. The summed E-state index contributed by atoms with van der Waals surface area (Å²) in [5.74, 6) is 0.663. The maximum atomic E-state index is 12.3. The number of aromatic amines is 2. The van der Waals surface area contributed by atoms with Gasteiger partial charge in [0.15, 0.2) is 11.0 Å². The van der Waals surface area contributed by atoms with Crippen LogP contribution in [0.3, 0.4) is 0 Å².